The number of nitrogens with zero attached hydrogens (tertiary/aromatic N) is 1. The smallest absolute Gasteiger partial charge is 0.0991 e. The first-order valence-corrected chi connectivity index (χ1v) is 10.7. The zero-order chi connectivity index (χ0) is 17.6. The summed E-state index contributed by atoms with van der Waals surface area (Å²) in [6, 6.07) is 10.6. The summed E-state index contributed by atoms with van der Waals surface area (Å²) in [5.74, 6) is 4.63. The van der Waals surface area contributed by atoms with Gasteiger partial charge in [-0.3, -0.25) is 0 Å². The Balaban J connectivity index is 1.49. The van der Waals surface area contributed by atoms with E-state index in [1.165, 1.54) is 69.8 Å². The van der Waals surface area contributed by atoms with Gasteiger partial charge in [-0.1, -0.05) is 51.7 Å². The Morgan fingerprint density at radius 1 is 1.00 bits per heavy atom. The second-order valence-corrected chi connectivity index (χ2v) is 8.81. The van der Waals surface area contributed by atoms with E-state index in [1.54, 1.807) is 0 Å². The fourth-order valence-electron chi connectivity index (χ4n) is 5.70. The van der Waals surface area contributed by atoms with Gasteiger partial charge in [-0.05, 0) is 85.8 Å². The third kappa shape index (κ3) is 4.66. The summed E-state index contributed by atoms with van der Waals surface area (Å²) in [4.78, 5) is 0. The fourth-order valence-corrected chi connectivity index (χ4v) is 5.70. The maximum atomic E-state index is 8.96. The van der Waals surface area contributed by atoms with Crippen molar-refractivity contribution in [1.82, 2.24) is 0 Å². The van der Waals surface area contributed by atoms with Crippen molar-refractivity contribution in [3.8, 4) is 6.07 Å². The van der Waals surface area contributed by atoms with E-state index >= 15 is 0 Å². The molecule has 1 heteroatoms. The van der Waals surface area contributed by atoms with Crippen LogP contribution in [0.25, 0.3) is 0 Å². The SMILES string of the molecule is CCCCC1CCC(C2CCC(c3ccc(C#N)cc3)CC2)C(C)C1. The van der Waals surface area contributed by atoms with Gasteiger partial charge in [0.15, 0.2) is 0 Å². The summed E-state index contributed by atoms with van der Waals surface area (Å²) < 4.78 is 0. The van der Waals surface area contributed by atoms with E-state index < -0.39 is 0 Å². The Morgan fingerprint density at radius 2 is 1.72 bits per heavy atom. The second-order valence-electron chi connectivity index (χ2n) is 8.81. The summed E-state index contributed by atoms with van der Waals surface area (Å²) >= 11 is 0. The lowest BCUT2D eigenvalue weighted by molar-refractivity contribution is 0.102. The van der Waals surface area contributed by atoms with Crippen molar-refractivity contribution in [3.05, 3.63) is 35.4 Å². The number of rotatable bonds is 5. The first-order chi connectivity index (χ1) is 12.2. The Labute approximate surface area is 154 Å². The molecule has 2 aliphatic rings. The van der Waals surface area contributed by atoms with Crippen LogP contribution in [0.1, 0.15) is 95.1 Å². The van der Waals surface area contributed by atoms with Gasteiger partial charge < -0.3 is 0 Å². The molecule has 0 saturated heterocycles. The maximum Gasteiger partial charge on any atom is 0.0991 e. The van der Waals surface area contributed by atoms with Crippen LogP contribution in [0.15, 0.2) is 24.3 Å². The number of hydrogen-bond donors (Lipinski definition) is 0. The molecule has 1 aromatic rings. The van der Waals surface area contributed by atoms with Gasteiger partial charge in [0.1, 0.15) is 0 Å². The van der Waals surface area contributed by atoms with Crippen LogP contribution in [0, 0.1) is 35.0 Å². The summed E-state index contributed by atoms with van der Waals surface area (Å²) in [6.07, 6.45) is 14.2. The molecule has 2 saturated carbocycles. The predicted octanol–water partition coefficient (Wildman–Crippen LogP) is 7.07. The quantitative estimate of drug-likeness (QED) is 0.563. The van der Waals surface area contributed by atoms with E-state index in [9.17, 15) is 0 Å². The first-order valence-electron chi connectivity index (χ1n) is 10.7. The molecule has 0 spiro atoms. The lowest BCUT2D eigenvalue weighted by Crippen LogP contribution is -2.31. The van der Waals surface area contributed by atoms with E-state index in [0.29, 0.717) is 0 Å². The van der Waals surface area contributed by atoms with Crippen LogP contribution in [-0.2, 0) is 0 Å². The van der Waals surface area contributed by atoms with E-state index in [-0.39, 0.29) is 0 Å². The zero-order valence-corrected chi connectivity index (χ0v) is 16.2. The van der Waals surface area contributed by atoms with E-state index in [0.717, 1.165) is 35.2 Å². The molecule has 0 amide bonds. The van der Waals surface area contributed by atoms with Crippen molar-refractivity contribution in [1.29, 1.82) is 5.26 Å². The minimum absolute atomic E-state index is 0.722. The second kappa shape index (κ2) is 8.88. The third-order valence-electron chi connectivity index (χ3n) is 7.20. The summed E-state index contributed by atoms with van der Waals surface area (Å²) in [6.45, 7) is 4.86. The van der Waals surface area contributed by atoms with Crippen molar-refractivity contribution >= 4 is 0 Å². The third-order valence-corrected chi connectivity index (χ3v) is 7.20. The van der Waals surface area contributed by atoms with Crippen molar-refractivity contribution < 1.29 is 0 Å². The van der Waals surface area contributed by atoms with Crippen molar-refractivity contribution in [2.24, 2.45) is 23.7 Å². The monoisotopic (exact) mass is 337 g/mol. The Kier molecular flexibility index (Phi) is 6.57. The van der Waals surface area contributed by atoms with Crippen LogP contribution >= 0.6 is 0 Å². The molecule has 3 unspecified atom stereocenters. The van der Waals surface area contributed by atoms with Gasteiger partial charge in [0.2, 0.25) is 0 Å². The van der Waals surface area contributed by atoms with Gasteiger partial charge in [0, 0.05) is 0 Å². The molecule has 0 aliphatic heterocycles. The van der Waals surface area contributed by atoms with Gasteiger partial charge in [-0.15, -0.1) is 0 Å². The van der Waals surface area contributed by atoms with E-state index in [4.69, 9.17) is 5.26 Å². The van der Waals surface area contributed by atoms with Gasteiger partial charge in [-0.25, -0.2) is 0 Å². The molecule has 3 atom stereocenters. The van der Waals surface area contributed by atoms with Gasteiger partial charge in [0.25, 0.3) is 0 Å². The van der Waals surface area contributed by atoms with Gasteiger partial charge in [-0.2, -0.15) is 5.26 Å². The van der Waals surface area contributed by atoms with Crippen LogP contribution in [0.4, 0.5) is 0 Å². The average molecular weight is 338 g/mol. The molecule has 0 heterocycles. The molecule has 0 bridgehead atoms. The van der Waals surface area contributed by atoms with Crippen molar-refractivity contribution in [2.75, 3.05) is 0 Å². The highest BCUT2D eigenvalue weighted by molar-refractivity contribution is 5.33. The van der Waals surface area contributed by atoms with Crippen LogP contribution in [0.5, 0.6) is 0 Å². The molecule has 1 nitrogen and oxygen atoms in total. The van der Waals surface area contributed by atoms with Crippen LogP contribution in [0.3, 0.4) is 0 Å². The molecule has 0 aromatic heterocycles. The predicted molar refractivity (Wildman–Crippen MR) is 105 cm³/mol. The highest BCUT2D eigenvalue weighted by Crippen LogP contribution is 2.46. The van der Waals surface area contributed by atoms with Crippen molar-refractivity contribution in [3.63, 3.8) is 0 Å². The lowest BCUT2D eigenvalue weighted by Gasteiger charge is -2.42. The standard InChI is InChI=1S/C24H35N/c1-3-4-5-19-8-15-24(18(2)16-19)23-13-11-22(12-14-23)21-9-6-20(17-25)7-10-21/h6-7,9-10,18-19,22-24H,3-5,8,11-16H2,1-2H3. The minimum Gasteiger partial charge on any atom is -0.192 e. The molecule has 3 rings (SSSR count). The molecule has 136 valence electrons. The summed E-state index contributed by atoms with van der Waals surface area (Å²) in [5, 5.41) is 8.96. The molecular formula is C24H35N. The lowest BCUT2D eigenvalue weighted by atomic mass is 9.64. The zero-order valence-electron chi connectivity index (χ0n) is 16.2. The number of hydrogen-bond acceptors (Lipinski definition) is 1. The largest absolute Gasteiger partial charge is 0.192 e. The molecule has 25 heavy (non-hydrogen) atoms. The van der Waals surface area contributed by atoms with E-state index in [1.807, 2.05) is 12.1 Å². The fraction of sp³-hybridized carbons (Fsp3) is 0.708. The number of benzene rings is 1. The summed E-state index contributed by atoms with van der Waals surface area (Å²) in [7, 11) is 0. The Morgan fingerprint density at radius 3 is 2.32 bits per heavy atom. The summed E-state index contributed by atoms with van der Waals surface area (Å²) in [5.41, 5.74) is 2.24. The number of unbranched alkanes of at least 4 members (excludes halogenated alkanes) is 1. The molecule has 2 aliphatic carbocycles. The minimum atomic E-state index is 0.722. The van der Waals surface area contributed by atoms with Crippen LogP contribution in [0.2, 0.25) is 0 Å². The molecule has 0 radical (unpaired) electrons. The van der Waals surface area contributed by atoms with E-state index in [2.05, 4.69) is 32.0 Å². The van der Waals surface area contributed by atoms with Gasteiger partial charge >= 0.3 is 0 Å². The van der Waals surface area contributed by atoms with Crippen LogP contribution in [-0.4, -0.2) is 0 Å². The topological polar surface area (TPSA) is 23.8 Å². The Bertz CT molecular complexity index is 559. The molecule has 2 fully saturated rings. The molecule has 0 N–H and O–H groups in total. The highest BCUT2D eigenvalue weighted by atomic mass is 14.4. The Hall–Kier alpha value is -1.29. The van der Waals surface area contributed by atoms with Gasteiger partial charge in [0.05, 0.1) is 11.6 Å². The van der Waals surface area contributed by atoms with Crippen LogP contribution < -0.4 is 0 Å². The first kappa shape index (κ1) is 18.5. The maximum absolute atomic E-state index is 8.96. The highest BCUT2D eigenvalue weighted by Gasteiger charge is 2.35. The number of nitriles is 1. The molecule has 1 aromatic carbocycles. The average Bonchev–Trinajstić information content (AvgIpc) is 2.67. The normalized spacial score (nSPS) is 32.9. The van der Waals surface area contributed by atoms with Crippen molar-refractivity contribution in [2.45, 2.75) is 84.0 Å². The molecular weight excluding hydrogens is 302 g/mol.